The molecule has 0 atom stereocenters. The molecule has 1 aromatic carbocycles. The molecule has 0 aliphatic rings. The second-order valence-electron chi connectivity index (χ2n) is 3.60. The highest BCUT2D eigenvalue weighted by Gasteiger charge is 2.10. The third-order valence-electron chi connectivity index (χ3n) is 2.38. The second-order valence-corrected chi connectivity index (χ2v) is 3.60. The molecule has 0 radical (unpaired) electrons. The van der Waals surface area contributed by atoms with Crippen LogP contribution in [0.15, 0.2) is 30.3 Å². The van der Waals surface area contributed by atoms with Crippen molar-refractivity contribution in [1.82, 2.24) is 9.78 Å². The number of hydrogen-bond acceptors (Lipinski definition) is 2. The second kappa shape index (κ2) is 3.89. The van der Waals surface area contributed by atoms with Crippen molar-refractivity contribution in [3.05, 3.63) is 41.8 Å². The van der Waals surface area contributed by atoms with Gasteiger partial charge < -0.3 is 0 Å². The Kier molecular flexibility index (Phi) is 2.56. The summed E-state index contributed by atoms with van der Waals surface area (Å²) in [5.74, 6) is -0.360. The minimum Gasteiger partial charge on any atom is -0.293 e. The molecule has 0 saturated heterocycles. The van der Waals surface area contributed by atoms with Crippen LogP contribution in [0, 0.1) is 5.82 Å². The molecule has 0 fully saturated rings. The molecule has 0 unspecified atom stereocenters. The summed E-state index contributed by atoms with van der Waals surface area (Å²) in [6, 6.07) is 7.80. The Labute approximate surface area is 92.5 Å². The Bertz CT molecular complexity index is 528. The third kappa shape index (κ3) is 1.86. The van der Waals surface area contributed by atoms with Crippen molar-refractivity contribution < 1.29 is 9.18 Å². The molecule has 0 saturated carbocycles. The van der Waals surface area contributed by atoms with Gasteiger partial charge in [-0.1, -0.05) is 0 Å². The maximum absolute atomic E-state index is 12.8. The van der Waals surface area contributed by atoms with Crippen LogP contribution in [0.5, 0.6) is 0 Å². The Morgan fingerprint density at radius 2 is 1.94 bits per heavy atom. The molecule has 0 aliphatic heterocycles. The van der Waals surface area contributed by atoms with E-state index in [2.05, 4.69) is 5.10 Å². The van der Waals surface area contributed by atoms with E-state index < -0.39 is 0 Å². The van der Waals surface area contributed by atoms with Crippen molar-refractivity contribution in [2.75, 3.05) is 0 Å². The molecule has 0 bridgehead atoms. The highest BCUT2D eigenvalue weighted by molar-refractivity contribution is 5.93. The van der Waals surface area contributed by atoms with E-state index in [0.29, 0.717) is 5.69 Å². The van der Waals surface area contributed by atoms with Crippen molar-refractivity contribution in [2.45, 2.75) is 6.92 Å². The van der Waals surface area contributed by atoms with E-state index in [0.717, 1.165) is 11.3 Å². The van der Waals surface area contributed by atoms with Gasteiger partial charge >= 0.3 is 0 Å². The SMILES string of the molecule is CC(=O)c1cc(-c2ccc(F)cc2)n(C)n1. The maximum Gasteiger partial charge on any atom is 0.180 e. The van der Waals surface area contributed by atoms with Crippen molar-refractivity contribution in [1.29, 1.82) is 0 Å². The largest absolute Gasteiger partial charge is 0.293 e. The summed E-state index contributed by atoms with van der Waals surface area (Å²) in [7, 11) is 1.76. The van der Waals surface area contributed by atoms with Gasteiger partial charge in [0.15, 0.2) is 5.78 Å². The lowest BCUT2D eigenvalue weighted by molar-refractivity contribution is 0.101. The van der Waals surface area contributed by atoms with Gasteiger partial charge in [0.1, 0.15) is 11.5 Å². The van der Waals surface area contributed by atoms with E-state index in [4.69, 9.17) is 0 Å². The number of hydrogen-bond donors (Lipinski definition) is 0. The van der Waals surface area contributed by atoms with Crippen LogP contribution in [0.25, 0.3) is 11.3 Å². The van der Waals surface area contributed by atoms with Gasteiger partial charge in [-0.15, -0.1) is 0 Å². The van der Waals surface area contributed by atoms with Crippen LogP contribution in [0.2, 0.25) is 0 Å². The smallest absolute Gasteiger partial charge is 0.180 e. The van der Waals surface area contributed by atoms with Gasteiger partial charge in [-0.05, 0) is 35.9 Å². The summed E-state index contributed by atoms with van der Waals surface area (Å²) in [4.78, 5) is 11.2. The molecule has 1 aromatic heterocycles. The van der Waals surface area contributed by atoms with Gasteiger partial charge in [0.2, 0.25) is 0 Å². The zero-order valence-electron chi connectivity index (χ0n) is 9.07. The first-order valence-corrected chi connectivity index (χ1v) is 4.89. The zero-order valence-corrected chi connectivity index (χ0v) is 9.07. The first kappa shape index (κ1) is 10.5. The van der Waals surface area contributed by atoms with E-state index >= 15 is 0 Å². The van der Waals surface area contributed by atoms with Crippen molar-refractivity contribution in [2.24, 2.45) is 7.05 Å². The van der Waals surface area contributed by atoms with E-state index in [-0.39, 0.29) is 11.6 Å². The first-order valence-electron chi connectivity index (χ1n) is 4.89. The van der Waals surface area contributed by atoms with Gasteiger partial charge in [0.05, 0.1) is 5.69 Å². The number of benzene rings is 1. The van der Waals surface area contributed by atoms with Gasteiger partial charge in [0, 0.05) is 14.0 Å². The lowest BCUT2D eigenvalue weighted by Gasteiger charge is -2.00. The Hall–Kier alpha value is -1.97. The molecule has 0 N–H and O–H groups in total. The van der Waals surface area contributed by atoms with Gasteiger partial charge in [-0.3, -0.25) is 9.48 Å². The van der Waals surface area contributed by atoms with Crippen LogP contribution in [-0.4, -0.2) is 15.6 Å². The fraction of sp³-hybridized carbons (Fsp3) is 0.167. The van der Waals surface area contributed by atoms with Crippen LogP contribution in [-0.2, 0) is 7.05 Å². The molecule has 0 aliphatic carbocycles. The summed E-state index contributed by atoms with van der Waals surface area (Å²) < 4.78 is 14.4. The minimum atomic E-state index is -0.280. The predicted octanol–water partition coefficient (Wildman–Crippen LogP) is 2.43. The molecule has 0 spiro atoms. The van der Waals surface area contributed by atoms with E-state index in [1.54, 1.807) is 29.9 Å². The Morgan fingerprint density at radius 3 is 2.44 bits per heavy atom. The fourth-order valence-corrected chi connectivity index (χ4v) is 1.53. The monoisotopic (exact) mass is 218 g/mol. The van der Waals surface area contributed by atoms with Crippen LogP contribution in [0.3, 0.4) is 0 Å². The van der Waals surface area contributed by atoms with Crippen LogP contribution in [0.1, 0.15) is 17.4 Å². The van der Waals surface area contributed by atoms with Gasteiger partial charge in [-0.2, -0.15) is 5.10 Å². The minimum absolute atomic E-state index is 0.0797. The predicted molar refractivity (Wildman–Crippen MR) is 58.6 cm³/mol. The van der Waals surface area contributed by atoms with E-state index in [1.165, 1.54) is 19.1 Å². The van der Waals surface area contributed by atoms with Crippen molar-refractivity contribution in [3.63, 3.8) is 0 Å². The molecule has 2 aromatic rings. The molecule has 0 amide bonds. The molecular weight excluding hydrogens is 207 g/mol. The summed E-state index contributed by atoms with van der Waals surface area (Å²) in [5, 5.41) is 4.08. The number of halogens is 1. The lowest BCUT2D eigenvalue weighted by atomic mass is 10.1. The van der Waals surface area contributed by atoms with Crippen molar-refractivity contribution in [3.8, 4) is 11.3 Å². The van der Waals surface area contributed by atoms with E-state index in [1.807, 2.05) is 0 Å². The molecular formula is C12H11FN2O. The number of aryl methyl sites for hydroxylation is 1. The highest BCUT2D eigenvalue weighted by Crippen LogP contribution is 2.20. The molecule has 3 nitrogen and oxygen atoms in total. The topological polar surface area (TPSA) is 34.9 Å². The summed E-state index contributed by atoms with van der Waals surface area (Å²) >= 11 is 0. The van der Waals surface area contributed by atoms with Gasteiger partial charge in [-0.25, -0.2) is 4.39 Å². The molecule has 1 heterocycles. The Balaban J connectivity index is 2.47. The summed E-state index contributed by atoms with van der Waals surface area (Å²) in [6.07, 6.45) is 0. The quantitative estimate of drug-likeness (QED) is 0.725. The van der Waals surface area contributed by atoms with Gasteiger partial charge in [0.25, 0.3) is 0 Å². The Morgan fingerprint density at radius 1 is 1.31 bits per heavy atom. The fourth-order valence-electron chi connectivity index (χ4n) is 1.53. The number of Topliss-reactive ketones (excluding diaryl/α,β-unsaturated/α-hetero) is 1. The van der Waals surface area contributed by atoms with E-state index in [9.17, 15) is 9.18 Å². The normalized spacial score (nSPS) is 10.4. The number of carbonyl (C=O) groups excluding carboxylic acids is 1. The summed E-state index contributed by atoms with van der Waals surface area (Å²) in [5.41, 5.74) is 2.05. The zero-order chi connectivity index (χ0) is 11.7. The summed E-state index contributed by atoms with van der Waals surface area (Å²) in [6.45, 7) is 1.47. The highest BCUT2D eigenvalue weighted by atomic mass is 19.1. The van der Waals surface area contributed by atoms with Crippen molar-refractivity contribution >= 4 is 5.78 Å². The molecule has 16 heavy (non-hydrogen) atoms. The number of aromatic nitrogens is 2. The van der Waals surface area contributed by atoms with Crippen LogP contribution in [0.4, 0.5) is 4.39 Å². The van der Waals surface area contributed by atoms with Crippen LogP contribution >= 0.6 is 0 Å². The molecule has 82 valence electrons. The van der Waals surface area contributed by atoms with Crippen LogP contribution < -0.4 is 0 Å². The number of ketones is 1. The number of carbonyl (C=O) groups is 1. The number of rotatable bonds is 2. The third-order valence-corrected chi connectivity index (χ3v) is 2.38. The average Bonchev–Trinajstić information content (AvgIpc) is 2.62. The standard InChI is InChI=1S/C12H11FN2O/c1-8(16)11-7-12(15(2)14-11)9-3-5-10(13)6-4-9/h3-7H,1-2H3. The number of nitrogens with zero attached hydrogens (tertiary/aromatic N) is 2. The maximum atomic E-state index is 12.8. The lowest BCUT2D eigenvalue weighted by Crippen LogP contribution is -1.97. The molecule has 4 heteroatoms. The molecule has 2 rings (SSSR count). The first-order chi connectivity index (χ1) is 7.58. The average molecular weight is 218 g/mol.